The van der Waals surface area contributed by atoms with Crippen LogP contribution in [0, 0.1) is 0 Å². The zero-order chi connectivity index (χ0) is 14.7. The van der Waals surface area contributed by atoms with Crippen LogP contribution >= 0.6 is 0 Å². The average molecular weight is 289 g/mol. The Labute approximate surface area is 123 Å². The summed E-state index contributed by atoms with van der Waals surface area (Å²) in [4.78, 5) is 11.9. The van der Waals surface area contributed by atoms with Crippen LogP contribution in [0.25, 0.3) is 6.08 Å². The molecular formula is C16H19NO4. The first kappa shape index (κ1) is 13.9. The van der Waals surface area contributed by atoms with Crippen molar-refractivity contribution >= 4 is 12.0 Å². The standard InChI is InChI=1S/C16H19NO4/c18-13-3-1-2-12(9-13)17-16(19)7-5-11-4-6-14-15(8-11)21-10-20-14/h4-8,12-13,18H,1-3,9-10H2,(H,17,19). The van der Waals surface area contributed by atoms with Crippen molar-refractivity contribution < 1.29 is 19.4 Å². The molecule has 1 saturated carbocycles. The number of nitrogens with one attached hydrogen (secondary N) is 1. The van der Waals surface area contributed by atoms with Crippen LogP contribution in [0.2, 0.25) is 0 Å². The summed E-state index contributed by atoms with van der Waals surface area (Å²) in [6, 6.07) is 5.62. The molecule has 2 unspecified atom stereocenters. The van der Waals surface area contributed by atoms with Gasteiger partial charge < -0.3 is 19.9 Å². The lowest BCUT2D eigenvalue weighted by Gasteiger charge is -2.26. The highest BCUT2D eigenvalue weighted by atomic mass is 16.7. The molecule has 0 aromatic heterocycles. The number of fused-ring (bicyclic) bond motifs is 1. The fraction of sp³-hybridized carbons (Fsp3) is 0.438. The minimum Gasteiger partial charge on any atom is -0.454 e. The molecule has 5 heteroatoms. The molecule has 1 heterocycles. The lowest BCUT2D eigenvalue weighted by molar-refractivity contribution is -0.117. The number of amides is 1. The van der Waals surface area contributed by atoms with Crippen molar-refractivity contribution in [3.63, 3.8) is 0 Å². The largest absolute Gasteiger partial charge is 0.454 e. The maximum atomic E-state index is 11.9. The van der Waals surface area contributed by atoms with Gasteiger partial charge in [0.25, 0.3) is 0 Å². The molecule has 0 spiro atoms. The Kier molecular flexibility index (Phi) is 4.10. The summed E-state index contributed by atoms with van der Waals surface area (Å²) >= 11 is 0. The summed E-state index contributed by atoms with van der Waals surface area (Å²) in [5.41, 5.74) is 0.887. The second kappa shape index (κ2) is 6.18. The number of carbonyl (C=O) groups excluding carboxylic acids is 1. The van der Waals surface area contributed by atoms with E-state index in [0.29, 0.717) is 12.2 Å². The van der Waals surface area contributed by atoms with Gasteiger partial charge in [0.05, 0.1) is 6.10 Å². The molecule has 112 valence electrons. The zero-order valence-electron chi connectivity index (χ0n) is 11.7. The predicted octanol–water partition coefficient (Wildman–Crippen LogP) is 1.85. The summed E-state index contributed by atoms with van der Waals surface area (Å²) in [6.07, 6.45) is 6.33. The first-order chi connectivity index (χ1) is 10.2. The summed E-state index contributed by atoms with van der Waals surface area (Å²) in [6.45, 7) is 0.243. The molecule has 1 aliphatic carbocycles. The molecule has 3 rings (SSSR count). The van der Waals surface area contributed by atoms with E-state index in [9.17, 15) is 9.90 Å². The molecule has 0 saturated heterocycles. The normalized spacial score (nSPS) is 24.2. The van der Waals surface area contributed by atoms with Gasteiger partial charge >= 0.3 is 0 Å². The van der Waals surface area contributed by atoms with E-state index in [0.717, 1.165) is 30.6 Å². The molecule has 21 heavy (non-hydrogen) atoms. The Bertz CT molecular complexity index is 555. The fourth-order valence-electron chi connectivity index (χ4n) is 2.73. The number of aliphatic hydroxyl groups is 1. The van der Waals surface area contributed by atoms with Crippen LogP contribution in [0.15, 0.2) is 24.3 Å². The predicted molar refractivity (Wildman–Crippen MR) is 78.0 cm³/mol. The van der Waals surface area contributed by atoms with Gasteiger partial charge in [0.2, 0.25) is 12.7 Å². The van der Waals surface area contributed by atoms with Gasteiger partial charge in [-0.3, -0.25) is 4.79 Å². The van der Waals surface area contributed by atoms with Crippen LogP contribution in [0.1, 0.15) is 31.2 Å². The number of benzene rings is 1. The first-order valence-electron chi connectivity index (χ1n) is 7.27. The van der Waals surface area contributed by atoms with Gasteiger partial charge in [-0.05, 0) is 49.5 Å². The first-order valence-corrected chi connectivity index (χ1v) is 7.27. The Morgan fingerprint density at radius 3 is 3.00 bits per heavy atom. The monoisotopic (exact) mass is 289 g/mol. The highest BCUT2D eigenvalue weighted by molar-refractivity contribution is 5.92. The lowest BCUT2D eigenvalue weighted by Crippen LogP contribution is -2.38. The molecule has 0 radical (unpaired) electrons. The van der Waals surface area contributed by atoms with E-state index in [-0.39, 0.29) is 24.8 Å². The Balaban J connectivity index is 1.56. The van der Waals surface area contributed by atoms with Gasteiger partial charge in [-0.2, -0.15) is 0 Å². The topological polar surface area (TPSA) is 67.8 Å². The third-order valence-electron chi connectivity index (χ3n) is 3.82. The molecular weight excluding hydrogens is 270 g/mol. The third kappa shape index (κ3) is 3.55. The molecule has 5 nitrogen and oxygen atoms in total. The zero-order valence-corrected chi connectivity index (χ0v) is 11.7. The molecule has 1 aromatic carbocycles. The van der Waals surface area contributed by atoms with Crippen LogP contribution in [0.3, 0.4) is 0 Å². The minimum absolute atomic E-state index is 0.0719. The van der Waals surface area contributed by atoms with E-state index < -0.39 is 0 Å². The second-order valence-electron chi connectivity index (χ2n) is 5.47. The van der Waals surface area contributed by atoms with E-state index in [4.69, 9.17) is 9.47 Å². The van der Waals surface area contributed by atoms with Gasteiger partial charge in [0.1, 0.15) is 0 Å². The van der Waals surface area contributed by atoms with Crippen molar-refractivity contribution in [1.82, 2.24) is 5.32 Å². The molecule has 0 bridgehead atoms. The van der Waals surface area contributed by atoms with E-state index in [1.807, 2.05) is 18.2 Å². The van der Waals surface area contributed by atoms with Crippen LogP contribution in [0.4, 0.5) is 0 Å². The quantitative estimate of drug-likeness (QED) is 0.833. The Hall–Kier alpha value is -2.01. The van der Waals surface area contributed by atoms with Crippen LogP contribution in [-0.2, 0) is 4.79 Å². The summed E-state index contributed by atoms with van der Waals surface area (Å²) in [5, 5.41) is 12.5. The SMILES string of the molecule is O=C(C=Cc1ccc2c(c1)OCO2)NC1CCCC(O)C1. The summed E-state index contributed by atoms with van der Waals surface area (Å²) in [5.74, 6) is 1.30. The highest BCUT2D eigenvalue weighted by Crippen LogP contribution is 2.32. The molecule has 2 atom stereocenters. The van der Waals surface area contributed by atoms with Gasteiger partial charge in [-0.25, -0.2) is 0 Å². The molecule has 1 amide bonds. The maximum absolute atomic E-state index is 11.9. The summed E-state index contributed by atoms with van der Waals surface area (Å²) in [7, 11) is 0. The minimum atomic E-state index is -0.290. The Morgan fingerprint density at radius 1 is 1.29 bits per heavy atom. The second-order valence-corrected chi connectivity index (χ2v) is 5.47. The lowest BCUT2D eigenvalue weighted by atomic mass is 9.93. The van der Waals surface area contributed by atoms with E-state index >= 15 is 0 Å². The van der Waals surface area contributed by atoms with E-state index in [1.165, 1.54) is 6.08 Å². The van der Waals surface area contributed by atoms with E-state index in [2.05, 4.69) is 5.32 Å². The fourth-order valence-corrected chi connectivity index (χ4v) is 2.73. The van der Waals surface area contributed by atoms with Gasteiger partial charge in [0, 0.05) is 12.1 Å². The third-order valence-corrected chi connectivity index (χ3v) is 3.82. The molecule has 1 fully saturated rings. The van der Waals surface area contributed by atoms with Crippen molar-refractivity contribution in [2.75, 3.05) is 6.79 Å². The van der Waals surface area contributed by atoms with Gasteiger partial charge in [-0.1, -0.05) is 6.07 Å². The Morgan fingerprint density at radius 2 is 2.14 bits per heavy atom. The molecule has 1 aromatic rings. The molecule has 1 aliphatic heterocycles. The molecule has 2 aliphatic rings. The van der Waals surface area contributed by atoms with Crippen molar-refractivity contribution in [2.45, 2.75) is 37.8 Å². The maximum Gasteiger partial charge on any atom is 0.244 e. The average Bonchev–Trinajstić information content (AvgIpc) is 2.92. The van der Waals surface area contributed by atoms with Crippen LogP contribution in [-0.4, -0.2) is 30.0 Å². The van der Waals surface area contributed by atoms with Gasteiger partial charge in [-0.15, -0.1) is 0 Å². The van der Waals surface area contributed by atoms with Crippen LogP contribution in [0.5, 0.6) is 11.5 Å². The van der Waals surface area contributed by atoms with Crippen LogP contribution < -0.4 is 14.8 Å². The highest BCUT2D eigenvalue weighted by Gasteiger charge is 2.20. The van der Waals surface area contributed by atoms with Crippen molar-refractivity contribution in [3.05, 3.63) is 29.8 Å². The number of hydrogen-bond donors (Lipinski definition) is 2. The number of carbonyl (C=O) groups is 1. The van der Waals surface area contributed by atoms with Crippen molar-refractivity contribution in [2.24, 2.45) is 0 Å². The smallest absolute Gasteiger partial charge is 0.244 e. The molecule has 2 N–H and O–H groups in total. The van der Waals surface area contributed by atoms with Crippen molar-refractivity contribution in [3.8, 4) is 11.5 Å². The van der Waals surface area contributed by atoms with E-state index in [1.54, 1.807) is 6.08 Å². The number of hydrogen-bond acceptors (Lipinski definition) is 4. The summed E-state index contributed by atoms with van der Waals surface area (Å²) < 4.78 is 10.5. The number of ether oxygens (including phenoxy) is 2. The van der Waals surface area contributed by atoms with Gasteiger partial charge in [0.15, 0.2) is 11.5 Å². The number of rotatable bonds is 3. The number of aliphatic hydroxyl groups excluding tert-OH is 1. The van der Waals surface area contributed by atoms with Crippen molar-refractivity contribution in [1.29, 1.82) is 0 Å².